The average molecular weight is 1650 g/mol. The molecule has 30 atom stereocenters. The van der Waals surface area contributed by atoms with E-state index in [9.17, 15) is 132 Å². The predicted molar refractivity (Wildman–Crippen MR) is 367 cm³/mol. The zero-order chi connectivity index (χ0) is 83.8. The van der Waals surface area contributed by atoms with Crippen molar-refractivity contribution >= 4 is 63.4 Å². The first-order valence-electron chi connectivity index (χ1n) is 34.9. The number of aliphatic hydroxyl groups is 15. The number of rotatable bonds is 20. The summed E-state index contributed by atoms with van der Waals surface area (Å²) in [5.74, 6) is -5.63. The highest BCUT2D eigenvalue weighted by Gasteiger charge is 2.58. The van der Waals surface area contributed by atoms with Crippen LogP contribution in [0.25, 0.3) is 18.2 Å². The molecule has 630 valence electrons. The van der Waals surface area contributed by atoms with Gasteiger partial charge in [0.2, 0.25) is 36.6 Å². The number of carbonyl (C=O) groups is 6. The second kappa shape index (κ2) is 36.3. The Morgan fingerprint density at radius 1 is 0.386 bits per heavy atom. The van der Waals surface area contributed by atoms with Gasteiger partial charge in [0.15, 0.2) is 40.3 Å². The summed E-state index contributed by atoms with van der Waals surface area (Å²) >= 11 is 0. The summed E-state index contributed by atoms with van der Waals surface area (Å²) in [6.07, 6.45) is -32.2. The molecule has 0 bridgehead atoms. The van der Waals surface area contributed by atoms with E-state index >= 15 is 0 Å². The fourth-order valence-electron chi connectivity index (χ4n) is 13.5. The molecule has 0 radical (unpaired) electrons. The summed E-state index contributed by atoms with van der Waals surface area (Å²) in [6.45, 7) is 7.21. The zero-order valence-corrected chi connectivity index (χ0v) is 61.5. The molecule has 3 unspecified atom stereocenters. The monoisotopic (exact) mass is 1650 g/mol. The Morgan fingerprint density at radius 2 is 0.684 bits per heavy atom. The maximum atomic E-state index is 13.1. The number of Topliss-reactive ketones (excluding diaryl/α,β-unsaturated/α-hetero) is 3. The third kappa shape index (κ3) is 19.2. The normalized spacial score (nSPS) is 37.4. The van der Waals surface area contributed by atoms with Crippen LogP contribution in [0.5, 0.6) is 28.7 Å². The van der Waals surface area contributed by atoms with E-state index in [1.54, 1.807) is 37.3 Å². The van der Waals surface area contributed by atoms with Gasteiger partial charge in [-0.25, -0.2) is 0 Å². The van der Waals surface area contributed by atoms with Crippen LogP contribution in [0.1, 0.15) is 58.2 Å². The third-order valence-electron chi connectivity index (χ3n) is 19.8. The van der Waals surface area contributed by atoms with Gasteiger partial charge in [0, 0.05) is 16.7 Å². The van der Waals surface area contributed by atoms with E-state index in [0.717, 1.165) is 31.2 Å². The van der Waals surface area contributed by atoms with Gasteiger partial charge in [-0.3, -0.25) is 28.8 Å². The smallest absolute Gasteiger partial charge is 0.504 e. The minimum Gasteiger partial charge on any atom is -0.504 e. The Hall–Kier alpha value is -7.92. The van der Waals surface area contributed by atoms with Gasteiger partial charge in [-0.05, 0) is 113 Å². The van der Waals surface area contributed by atoms with Crippen molar-refractivity contribution in [3.8, 4) is 28.7 Å². The van der Waals surface area contributed by atoms with Gasteiger partial charge in [0.1, 0.15) is 173 Å². The van der Waals surface area contributed by atoms with Crippen molar-refractivity contribution in [2.24, 2.45) is 0 Å². The molecule has 3 amide bonds. The number of nitrogens with one attached hydrogen (secondary N) is 3. The molecule has 3 aromatic carbocycles. The number of carbonyl (C=O) groups excluding carboxylic acids is 6. The fraction of sp³-hybridized carbons (Fsp3) is 0.571. The lowest BCUT2D eigenvalue weighted by Crippen LogP contribution is -2.67. The van der Waals surface area contributed by atoms with Crippen LogP contribution < -0.4 is 34.3 Å². The van der Waals surface area contributed by atoms with Crippen LogP contribution in [-0.4, -0.2) is 335 Å². The topological polar surface area (TPSA) is 616 Å². The van der Waals surface area contributed by atoms with Gasteiger partial charge >= 0.3 is 15.6 Å². The Labute approximate surface area is 644 Å². The molecular formula is C70H86F3N3O37S. The number of hydrogen-bond donors (Lipinski definition) is 19. The molecule has 3 aromatic rings. The van der Waals surface area contributed by atoms with E-state index in [1.165, 1.54) is 52.0 Å². The molecular weight excluding hydrogens is 1560 g/mol. The van der Waals surface area contributed by atoms with Gasteiger partial charge in [0.05, 0.1) is 18.1 Å². The molecule has 6 saturated heterocycles. The highest BCUT2D eigenvalue weighted by molar-refractivity contribution is 7.88. The van der Waals surface area contributed by atoms with Crippen molar-refractivity contribution in [1.82, 2.24) is 16.0 Å². The van der Waals surface area contributed by atoms with Crippen LogP contribution in [0, 0.1) is 0 Å². The van der Waals surface area contributed by atoms with Crippen LogP contribution >= 0.6 is 0 Å². The molecule has 12 rings (SSSR count). The largest absolute Gasteiger partial charge is 0.534 e. The number of aromatic hydroxyl groups is 1. The van der Waals surface area contributed by atoms with Crippen LogP contribution in [0.4, 0.5) is 13.2 Å². The number of phenols is 1. The number of ketones is 3. The molecule has 6 heterocycles. The molecule has 3 aliphatic carbocycles. The zero-order valence-electron chi connectivity index (χ0n) is 60.7. The lowest BCUT2D eigenvalue weighted by atomic mass is 9.83. The van der Waals surface area contributed by atoms with E-state index in [4.69, 9.17) is 56.8 Å². The molecule has 40 nitrogen and oxygen atoms in total. The molecule has 0 spiro atoms. The first-order valence-corrected chi connectivity index (χ1v) is 36.3. The van der Waals surface area contributed by atoms with Crippen molar-refractivity contribution < 1.29 is 193 Å². The number of aliphatic hydroxyl groups excluding tert-OH is 15. The second-order valence-electron chi connectivity index (χ2n) is 27.9. The molecule has 114 heavy (non-hydrogen) atoms. The number of fused-ring (bicyclic) bond motifs is 3. The molecule has 44 heteroatoms. The van der Waals surface area contributed by atoms with Crippen LogP contribution in [0.3, 0.4) is 0 Å². The Balaban J connectivity index is 0.000000182. The Bertz CT molecular complexity index is 4200. The number of amides is 3. The minimum atomic E-state index is -6.25. The maximum Gasteiger partial charge on any atom is 0.534 e. The molecule has 9 fully saturated rings. The van der Waals surface area contributed by atoms with Crippen LogP contribution in [0.15, 0.2) is 77.4 Å². The fourth-order valence-corrected chi connectivity index (χ4v) is 14.0. The van der Waals surface area contributed by atoms with Crippen molar-refractivity contribution in [1.29, 1.82) is 0 Å². The van der Waals surface area contributed by atoms with Crippen LogP contribution in [-0.2, 0) is 81.5 Å². The number of benzene rings is 3. The number of ether oxygens (including phenoxy) is 12. The Morgan fingerprint density at radius 3 is 1.01 bits per heavy atom. The van der Waals surface area contributed by atoms with Crippen molar-refractivity contribution in [3.05, 3.63) is 94.1 Å². The summed E-state index contributed by atoms with van der Waals surface area (Å²) in [6, 6.07) is 9.54. The van der Waals surface area contributed by atoms with E-state index in [2.05, 4.69) is 20.1 Å². The van der Waals surface area contributed by atoms with E-state index in [0.29, 0.717) is 16.9 Å². The van der Waals surface area contributed by atoms with Gasteiger partial charge in [-0.15, -0.1) is 0 Å². The number of hydrogen-bond acceptors (Lipinski definition) is 37. The average Bonchev–Trinajstić information content (AvgIpc) is 1.71. The highest BCUT2D eigenvalue weighted by atomic mass is 32.2. The van der Waals surface area contributed by atoms with E-state index in [1.807, 2.05) is 0 Å². The standard InChI is InChI=1S/C24H28F3NO14S.C23H29NO12.C23H29NO11/c1-8(22(35)28-13-14(30)16(32)21-20(15(13)31)38-7-39-21)5-10-3-4-11(12(6-10)42-43(36,37)24(25,26)27)40-23-18(34)17(33)19(41-23)9(2)29;1-8(22(32)24-13-14(27)16(29)21-20(15(13)28)33-7-34-21)5-10-3-4-12(11(26)6-10)35-23-18(31)17(30)19(36-23)9(2)25;1-9(22(31)24-13-14(26)16(28)21-20(15(13)27)32-8-33-21)7-11-3-5-12(6-4-11)34-23-18(30)17(29)19(35-23)10(2)25/h3-6,13-21,23,30-34H,7H2,1-2H3,(H,28,35);3-6,13-21,23,26-31H,7H2,1-2H3,(H,24,32);3-7,13-21,23,26-30H,8H2,1-2H3,(H,24,31)/b2*8-5+;9-7+/t3*13?,14-,15+,16+,17-,18-,19+,20-,21+,23+/m000/s1. The summed E-state index contributed by atoms with van der Waals surface area (Å²) in [5, 5.41) is 171. The van der Waals surface area contributed by atoms with Crippen molar-refractivity contribution in [2.45, 2.75) is 231 Å². The van der Waals surface area contributed by atoms with E-state index in [-0.39, 0.29) is 54.2 Å². The lowest BCUT2D eigenvalue weighted by Gasteiger charge is -2.41. The third-order valence-corrected chi connectivity index (χ3v) is 20.8. The van der Waals surface area contributed by atoms with Gasteiger partial charge < -0.3 is 159 Å². The minimum absolute atomic E-state index is 0.0921. The molecule has 6 aliphatic heterocycles. The number of halogens is 3. The van der Waals surface area contributed by atoms with Gasteiger partial charge in [0.25, 0.3) is 0 Å². The van der Waals surface area contributed by atoms with E-state index < -0.39 is 246 Å². The number of phenolic OH excluding ortho intramolecular Hbond substituents is 1. The van der Waals surface area contributed by atoms with Crippen LogP contribution in [0.2, 0.25) is 0 Å². The summed E-state index contributed by atoms with van der Waals surface area (Å²) in [5.41, 5.74) is -4.68. The summed E-state index contributed by atoms with van der Waals surface area (Å²) in [4.78, 5) is 72.8. The summed E-state index contributed by atoms with van der Waals surface area (Å²) < 4.78 is 130. The maximum absolute atomic E-state index is 13.1. The molecule has 3 saturated carbocycles. The quantitative estimate of drug-likeness (QED) is 0.0284. The Kier molecular flexibility index (Phi) is 28.2. The number of alkyl halides is 3. The predicted octanol–water partition coefficient (Wildman–Crippen LogP) is -6.59. The SMILES string of the molecule is CC(=O)[C@H]1O[C@@H](Oc2ccc(/C=C(\C)C(=O)NC3[C@@H](O)[C@@H]4OCO[C@@H]4[C@H](O)[C@H]3O)cc2)[C@@H](O)[C@@H]1O.CC(=O)[C@H]1O[C@@H](Oc2ccc(/C=C(\C)C(=O)NC3[C@@H](O)[C@@H]4OCO[C@@H]4[C@H](O)[C@H]3O)cc2O)[C@@H](O)[C@@H]1O.CC(=O)[C@H]1O[C@@H](Oc2ccc(/C=C(\C)C(=O)NC3[C@@H](O)[C@@H]4OCO[C@@H]4[C@H](O)[C@H]3O)cc2OS(=O)(=O)C(F)(F)F)[C@@H](O)[C@@H]1O. The van der Waals surface area contributed by atoms with Gasteiger partial charge in [-0.2, -0.15) is 21.6 Å². The van der Waals surface area contributed by atoms with Crippen molar-refractivity contribution in [2.75, 3.05) is 20.4 Å². The second-order valence-corrected chi connectivity index (χ2v) is 29.5. The summed E-state index contributed by atoms with van der Waals surface area (Å²) in [7, 11) is -6.25. The first kappa shape index (κ1) is 88.4. The molecule has 9 aliphatic rings. The van der Waals surface area contributed by atoms with Gasteiger partial charge in [-0.1, -0.05) is 24.3 Å². The lowest BCUT2D eigenvalue weighted by molar-refractivity contribution is -0.155. The first-order chi connectivity index (χ1) is 53.5. The highest BCUT2D eigenvalue weighted by Crippen LogP contribution is 2.40. The molecule has 0 aromatic heterocycles. The van der Waals surface area contributed by atoms with Crippen molar-refractivity contribution in [3.63, 3.8) is 0 Å². The molecule has 19 N–H and O–H groups in total.